The lowest BCUT2D eigenvalue weighted by atomic mass is 10.1. The summed E-state index contributed by atoms with van der Waals surface area (Å²) >= 11 is 0. The molecular formula is C10H15N. The van der Waals surface area contributed by atoms with E-state index in [9.17, 15) is 0 Å². The number of benzene rings is 1. The summed E-state index contributed by atoms with van der Waals surface area (Å²) < 4.78 is 0. The van der Waals surface area contributed by atoms with Gasteiger partial charge in [-0.05, 0) is 18.1 Å². The van der Waals surface area contributed by atoms with Crippen molar-refractivity contribution in [3.05, 3.63) is 29.8 Å². The second-order valence-electron chi connectivity index (χ2n) is 2.88. The van der Waals surface area contributed by atoms with Crippen molar-refractivity contribution in [2.45, 2.75) is 13.3 Å². The molecule has 0 heterocycles. The highest BCUT2D eigenvalue weighted by molar-refractivity contribution is 5.52. The zero-order valence-corrected chi connectivity index (χ0v) is 7.46. The average Bonchev–Trinajstić information content (AvgIpc) is 2.04. The molecule has 1 nitrogen and oxygen atoms in total. The second-order valence-corrected chi connectivity index (χ2v) is 2.88. The molecule has 0 bridgehead atoms. The average molecular weight is 149 g/mol. The molecule has 60 valence electrons. The van der Waals surface area contributed by atoms with Crippen molar-refractivity contribution >= 4 is 5.69 Å². The molecule has 0 N–H and O–H groups in total. The molecule has 1 aromatic rings. The van der Waals surface area contributed by atoms with Crippen LogP contribution in [0.3, 0.4) is 0 Å². The van der Waals surface area contributed by atoms with Crippen molar-refractivity contribution in [3.63, 3.8) is 0 Å². The summed E-state index contributed by atoms with van der Waals surface area (Å²) in [6.07, 6.45) is 1.11. The third kappa shape index (κ3) is 1.73. The summed E-state index contributed by atoms with van der Waals surface area (Å²) in [5.74, 6) is 0. The lowest BCUT2D eigenvalue weighted by molar-refractivity contribution is 1.06. The maximum Gasteiger partial charge on any atom is 0.0393 e. The zero-order chi connectivity index (χ0) is 8.27. The van der Waals surface area contributed by atoms with Crippen molar-refractivity contribution in [1.29, 1.82) is 0 Å². The first-order valence-electron chi connectivity index (χ1n) is 4.01. The second kappa shape index (κ2) is 3.42. The Morgan fingerprint density at radius 3 is 2.27 bits per heavy atom. The van der Waals surface area contributed by atoms with Crippen molar-refractivity contribution in [3.8, 4) is 0 Å². The fraction of sp³-hybridized carbons (Fsp3) is 0.400. The van der Waals surface area contributed by atoms with Crippen LogP contribution in [0.2, 0.25) is 0 Å². The van der Waals surface area contributed by atoms with E-state index in [-0.39, 0.29) is 0 Å². The molecule has 0 amide bonds. The van der Waals surface area contributed by atoms with Crippen LogP contribution in [0, 0.1) is 0 Å². The molecule has 0 radical (unpaired) electrons. The van der Waals surface area contributed by atoms with Crippen LogP contribution in [0.4, 0.5) is 5.69 Å². The Labute approximate surface area is 68.7 Å². The number of para-hydroxylation sites is 1. The smallest absolute Gasteiger partial charge is 0.0393 e. The van der Waals surface area contributed by atoms with Gasteiger partial charge in [-0.3, -0.25) is 0 Å². The molecule has 0 atom stereocenters. The van der Waals surface area contributed by atoms with Crippen LogP contribution >= 0.6 is 0 Å². The van der Waals surface area contributed by atoms with E-state index in [0.29, 0.717) is 0 Å². The quantitative estimate of drug-likeness (QED) is 0.623. The molecule has 11 heavy (non-hydrogen) atoms. The first kappa shape index (κ1) is 8.12. The highest BCUT2D eigenvalue weighted by Gasteiger charge is 1.99. The predicted octanol–water partition coefficient (Wildman–Crippen LogP) is 2.32. The summed E-state index contributed by atoms with van der Waals surface area (Å²) in [7, 11) is 4.16. The van der Waals surface area contributed by atoms with Gasteiger partial charge >= 0.3 is 0 Å². The minimum atomic E-state index is 1.11. The minimum Gasteiger partial charge on any atom is -0.377 e. The van der Waals surface area contributed by atoms with Crippen LogP contribution in [0.25, 0.3) is 0 Å². The van der Waals surface area contributed by atoms with Crippen LogP contribution in [-0.4, -0.2) is 14.1 Å². The number of anilines is 1. The molecule has 0 aliphatic rings. The van der Waals surface area contributed by atoms with E-state index in [1.54, 1.807) is 0 Å². The number of aryl methyl sites for hydroxylation is 1. The molecular weight excluding hydrogens is 134 g/mol. The zero-order valence-electron chi connectivity index (χ0n) is 7.46. The van der Waals surface area contributed by atoms with E-state index in [1.807, 2.05) is 0 Å². The largest absolute Gasteiger partial charge is 0.377 e. The van der Waals surface area contributed by atoms with E-state index in [2.05, 4.69) is 50.2 Å². The van der Waals surface area contributed by atoms with E-state index in [0.717, 1.165) is 6.42 Å². The third-order valence-electron chi connectivity index (χ3n) is 1.85. The molecule has 0 saturated carbocycles. The van der Waals surface area contributed by atoms with Gasteiger partial charge in [0.1, 0.15) is 0 Å². The van der Waals surface area contributed by atoms with Gasteiger partial charge in [-0.15, -0.1) is 0 Å². The van der Waals surface area contributed by atoms with Crippen molar-refractivity contribution in [2.75, 3.05) is 19.0 Å². The Bertz CT molecular complexity index is 228. The number of rotatable bonds is 2. The van der Waals surface area contributed by atoms with Gasteiger partial charge in [-0.25, -0.2) is 0 Å². The first-order valence-corrected chi connectivity index (χ1v) is 4.01. The van der Waals surface area contributed by atoms with Gasteiger partial charge in [0.05, 0.1) is 0 Å². The summed E-state index contributed by atoms with van der Waals surface area (Å²) in [5.41, 5.74) is 2.74. The van der Waals surface area contributed by atoms with Gasteiger partial charge < -0.3 is 4.90 Å². The summed E-state index contributed by atoms with van der Waals surface area (Å²) in [6, 6.07) is 8.49. The van der Waals surface area contributed by atoms with Crippen LogP contribution in [0.15, 0.2) is 24.3 Å². The Morgan fingerprint density at radius 2 is 1.82 bits per heavy atom. The fourth-order valence-corrected chi connectivity index (χ4v) is 1.25. The predicted molar refractivity (Wildman–Crippen MR) is 50.1 cm³/mol. The fourth-order valence-electron chi connectivity index (χ4n) is 1.25. The maximum absolute atomic E-state index is 2.18. The lowest BCUT2D eigenvalue weighted by Gasteiger charge is -2.15. The number of hydrogen-bond donors (Lipinski definition) is 0. The van der Waals surface area contributed by atoms with Gasteiger partial charge in [-0.2, -0.15) is 0 Å². The van der Waals surface area contributed by atoms with E-state index in [1.165, 1.54) is 11.3 Å². The molecule has 0 aliphatic carbocycles. The SMILES string of the molecule is CCc1ccccc1N(C)C. The Hall–Kier alpha value is -0.980. The molecule has 1 aromatic carbocycles. The number of hydrogen-bond acceptors (Lipinski definition) is 1. The van der Waals surface area contributed by atoms with Crippen LogP contribution in [0.1, 0.15) is 12.5 Å². The molecule has 0 aliphatic heterocycles. The van der Waals surface area contributed by atoms with E-state index < -0.39 is 0 Å². The highest BCUT2D eigenvalue weighted by atomic mass is 15.1. The van der Waals surface area contributed by atoms with Crippen molar-refractivity contribution in [1.82, 2.24) is 0 Å². The maximum atomic E-state index is 2.18. The minimum absolute atomic E-state index is 1.11. The number of nitrogens with zero attached hydrogens (tertiary/aromatic N) is 1. The van der Waals surface area contributed by atoms with Gasteiger partial charge in [0.15, 0.2) is 0 Å². The van der Waals surface area contributed by atoms with Gasteiger partial charge in [-0.1, -0.05) is 25.1 Å². The topological polar surface area (TPSA) is 3.24 Å². The Morgan fingerprint density at radius 1 is 1.18 bits per heavy atom. The molecule has 0 fully saturated rings. The molecule has 0 spiro atoms. The van der Waals surface area contributed by atoms with Gasteiger partial charge in [0.25, 0.3) is 0 Å². The van der Waals surface area contributed by atoms with Gasteiger partial charge in [0.2, 0.25) is 0 Å². The van der Waals surface area contributed by atoms with Crippen LogP contribution in [0.5, 0.6) is 0 Å². The monoisotopic (exact) mass is 149 g/mol. The lowest BCUT2D eigenvalue weighted by Crippen LogP contribution is -2.10. The van der Waals surface area contributed by atoms with Crippen molar-refractivity contribution in [2.24, 2.45) is 0 Å². The molecule has 0 saturated heterocycles. The first-order chi connectivity index (χ1) is 5.25. The molecule has 0 unspecified atom stereocenters. The normalized spacial score (nSPS) is 9.73. The van der Waals surface area contributed by atoms with E-state index >= 15 is 0 Å². The molecule has 1 rings (SSSR count). The van der Waals surface area contributed by atoms with E-state index in [4.69, 9.17) is 0 Å². The summed E-state index contributed by atoms with van der Waals surface area (Å²) in [6.45, 7) is 2.18. The van der Waals surface area contributed by atoms with Crippen LogP contribution < -0.4 is 4.90 Å². The summed E-state index contributed by atoms with van der Waals surface area (Å²) in [5, 5.41) is 0. The Kier molecular flexibility index (Phi) is 2.53. The third-order valence-corrected chi connectivity index (χ3v) is 1.85. The van der Waals surface area contributed by atoms with Crippen LogP contribution in [-0.2, 0) is 6.42 Å². The van der Waals surface area contributed by atoms with Crippen molar-refractivity contribution < 1.29 is 0 Å². The standard InChI is InChI=1S/C10H15N/c1-4-9-7-5-6-8-10(9)11(2)3/h5-8H,4H2,1-3H3. The Balaban J connectivity index is 3.02. The highest BCUT2D eigenvalue weighted by Crippen LogP contribution is 2.17. The molecule has 1 heteroatoms. The molecule has 0 aromatic heterocycles. The summed E-state index contributed by atoms with van der Waals surface area (Å²) in [4.78, 5) is 2.15. The van der Waals surface area contributed by atoms with Gasteiger partial charge in [0, 0.05) is 19.8 Å².